The van der Waals surface area contributed by atoms with Gasteiger partial charge >= 0.3 is 6.18 Å². The molecule has 0 aromatic rings. The standard InChI is InChI=1S/C6H7F3N2O/c1-3(12)4(10)2-5(11)6(7,8)9/h2,10H,11H2,1H3. The third-order valence-electron chi connectivity index (χ3n) is 1.01. The second-order valence-electron chi connectivity index (χ2n) is 2.07. The molecule has 0 fully saturated rings. The Balaban J connectivity index is 4.59. The zero-order valence-corrected chi connectivity index (χ0v) is 6.20. The second kappa shape index (κ2) is 3.38. The molecule has 0 aromatic heterocycles. The predicted octanol–water partition coefficient (Wildman–Crippen LogP) is 1.00. The van der Waals surface area contributed by atoms with E-state index in [1.165, 1.54) is 0 Å². The highest BCUT2D eigenvalue weighted by Crippen LogP contribution is 2.20. The SMILES string of the molecule is CC(=O)C(=N)C=C(N)C(F)(F)F. The Bertz CT molecular complexity index is 242. The highest BCUT2D eigenvalue weighted by atomic mass is 19.4. The van der Waals surface area contributed by atoms with Crippen molar-refractivity contribution in [2.24, 2.45) is 5.73 Å². The summed E-state index contributed by atoms with van der Waals surface area (Å²) < 4.78 is 35.0. The minimum atomic E-state index is -4.68. The largest absolute Gasteiger partial charge is 0.430 e. The van der Waals surface area contributed by atoms with E-state index in [9.17, 15) is 18.0 Å². The van der Waals surface area contributed by atoms with E-state index in [0.717, 1.165) is 6.92 Å². The molecule has 0 atom stereocenters. The number of halogens is 3. The lowest BCUT2D eigenvalue weighted by molar-refractivity contribution is -0.111. The number of nitrogens with two attached hydrogens (primary N) is 1. The van der Waals surface area contributed by atoms with Crippen LogP contribution in [0.5, 0.6) is 0 Å². The lowest BCUT2D eigenvalue weighted by atomic mass is 10.2. The summed E-state index contributed by atoms with van der Waals surface area (Å²) in [5.74, 6) is -0.762. The van der Waals surface area contributed by atoms with Crippen molar-refractivity contribution in [2.75, 3.05) is 0 Å². The van der Waals surface area contributed by atoms with Crippen LogP contribution in [0.2, 0.25) is 0 Å². The van der Waals surface area contributed by atoms with Crippen LogP contribution in [-0.4, -0.2) is 17.7 Å². The lowest BCUT2D eigenvalue weighted by Crippen LogP contribution is -2.21. The molecule has 3 N–H and O–H groups in total. The van der Waals surface area contributed by atoms with Gasteiger partial charge in [0.15, 0.2) is 5.78 Å². The molecule has 0 amide bonds. The summed E-state index contributed by atoms with van der Waals surface area (Å²) in [4.78, 5) is 10.3. The Labute approximate surface area is 66.6 Å². The fraction of sp³-hybridized carbons (Fsp3) is 0.333. The number of carbonyl (C=O) groups is 1. The molecule has 0 aliphatic rings. The number of ketones is 1. The van der Waals surface area contributed by atoms with Gasteiger partial charge in [0.1, 0.15) is 5.70 Å². The molecule has 0 spiro atoms. The maximum atomic E-state index is 11.7. The number of allylic oxidation sites excluding steroid dienone is 2. The van der Waals surface area contributed by atoms with E-state index in [4.69, 9.17) is 5.41 Å². The fourth-order valence-electron chi connectivity index (χ4n) is 0.339. The number of alkyl halides is 3. The van der Waals surface area contributed by atoms with Crippen LogP contribution in [0.3, 0.4) is 0 Å². The summed E-state index contributed by atoms with van der Waals surface area (Å²) in [6.07, 6.45) is -4.38. The molecule has 0 saturated heterocycles. The van der Waals surface area contributed by atoms with Gasteiger partial charge in [0.05, 0.1) is 5.71 Å². The predicted molar refractivity (Wildman–Crippen MR) is 36.7 cm³/mol. The van der Waals surface area contributed by atoms with E-state index in [0.29, 0.717) is 6.08 Å². The normalized spacial score (nSPS) is 12.8. The molecule has 0 heterocycles. The van der Waals surface area contributed by atoms with Gasteiger partial charge in [0, 0.05) is 6.92 Å². The van der Waals surface area contributed by atoms with Gasteiger partial charge in [0.2, 0.25) is 0 Å². The van der Waals surface area contributed by atoms with Crippen LogP contribution in [0.25, 0.3) is 0 Å². The van der Waals surface area contributed by atoms with E-state index >= 15 is 0 Å². The first kappa shape index (κ1) is 10.7. The van der Waals surface area contributed by atoms with Crippen molar-refractivity contribution in [1.82, 2.24) is 0 Å². The third kappa shape index (κ3) is 3.18. The minimum Gasteiger partial charge on any atom is -0.395 e. The van der Waals surface area contributed by atoms with Crippen LogP contribution < -0.4 is 5.73 Å². The Kier molecular flexibility index (Phi) is 3.00. The fourth-order valence-corrected chi connectivity index (χ4v) is 0.339. The summed E-state index contributed by atoms with van der Waals surface area (Å²) in [6.45, 7) is 0.989. The summed E-state index contributed by atoms with van der Waals surface area (Å²) in [7, 11) is 0. The molecule has 0 aliphatic heterocycles. The maximum absolute atomic E-state index is 11.7. The third-order valence-corrected chi connectivity index (χ3v) is 1.01. The van der Waals surface area contributed by atoms with Crippen LogP contribution >= 0.6 is 0 Å². The van der Waals surface area contributed by atoms with Crippen molar-refractivity contribution in [3.8, 4) is 0 Å². The molecule has 0 rings (SSSR count). The van der Waals surface area contributed by atoms with Crippen molar-refractivity contribution in [3.05, 3.63) is 11.8 Å². The molecule has 0 unspecified atom stereocenters. The zero-order valence-electron chi connectivity index (χ0n) is 6.20. The van der Waals surface area contributed by atoms with Gasteiger partial charge in [-0.15, -0.1) is 0 Å². The molecule has 0 saturated carbocycles. The van der Waals surface area contributed by atoms with Crippen LogP contribution in [-0.2, 0) is 4.79 Å². The topological polar surface area (TPSA) is 66.9 Å². The summed E-state index contributed by atoms with van der Waals surface area (Å²) >= 11 is 0. The van der Waals surface area contributed by atoms with Gasteiger partial charge in [-0.1, -0.05) is 0 Å². The van der Waals surface area contributed by atoms with Gasteiger partial charge in [-0.05, 0) is 6.08 Å². The minimum absolute atomic E-state index is 0.294. The Morgan fingerprint density at radius 3 is 2.17 bits per heavy atom. The second-order valence-corrected chi connectivity index (χ2v) is 2.07. The average molecular weight is 180 g/mol. The van der Waals surface area contributed by atoms with Crippen LogP contribution in [0, 0.1) is 5.41 Å². The number of rotatable bonds is 2. The van der Waals surface area contributed by atoms with Gasteiger partial charge in [-0.25, -0.2) is 0 Å². The number of nitrogens with one attached hydrogen (secondary N) is 1. The van der Waals surface area contributed by atoms with E-state index in [2.05, 4.69) is 5.73 Å². The first-order chi connectivity index (χ1) is 5.25. The molecule has 0 bridgehead atoms. The zero-order chi connectivity index (χ0) is 9.94. The first-order valence-electron chi connectivity index (χ1n) is 2.89. The monoisotopic (exact) mass is 180 g/mol. The first-order valence-corrected chi connectivity index (χ1v) is 2.89. The quantitative estimate of drug-likeness (QED) is 0.622. The molecule has 3 nitrogen and oxygen atoms in total. The lowest BCUT2D eigenvalue weighted by Gasteiger charge is -2.04. The molecule has 12 heavy (non-hydrogen) atoms. The molecule has 68 valence electrons. The van der Waals surface area contributed by atoms with Gasteiger partial charge in [-0.2, -0.15) is 13.2 Å². The molecule has 0 radical (unpaired) electrons. The van der Waals surface area contributed by atoms with Crippen molar-refractivity contribution >= 4 is 11.5 Å². The number of carbonyl (C=O) groups excluding carboxylic acids is 1. The maximum Gasteiger partial charge on any atom is 0.430 e. The molecule has 6 heteroatoms. The van der Waals surface area contributed by atoms with Crippen molar-refractivity contribution in [3.63, 3.8) is 0 Å². The van der Waals surface area contributed by atoms with Crippen molar-refractivity contribution in [2.45, 2.75) is 13.1 Å². The molecule has 0 aromatic carbocycles. The van der Waals surface area contributed by atoms with E-state index in [1.807, 2.05) is 0 Å². The van der Waals surface area contributed by atoms with E-state index in [1.54, 1.807) is 0 Å². The average Bonchev–Trinajstić information content (AvgIpc) is 1.85. The summed E-state index contributed by atoms with van der Waals surface area (Å²) in [5, 5.41) is 6.75. The van der Waals surface area contributed by atoms with Crippen LogP contribution in [0.15, 0.2) is 11.8 Å². The van der Waals surface area contributed by atoms with E-state index in [-0.39, 0.29) is 0 Å². The highest BCUT2D eigenvalue weighted by molar-refractivity contribution is 6.42. The number of hydrogen-bond acceptors (Lipinski definition) is 3. The smallest absolute Gasteiger partial charge is 0.395 e. The van der Waals surface area contributed by atoms with Gasteiger partial charge in [0.25, 0.3) is 0 Å². The summed E-state index contributed by atoms with van der Waals surface area (Å²) in [6, 6.07) is 0. The van der Waals surface area contributed by atoms with Crippen LogP contribution in [0.1, 0.15) is 6.92 Å². The van der Waals surface area contributed by atoms with Crippen molar-refractivity contribution in [1.29, 1.82) is 5.41 Å². The Hall–Kier alpha value is -1.33. The van der Waals surface area contributed by atoms with Crippen LogP contribution in [0.4, 0.5) is 13.2 Å². The van der Waals surface area contributed by atoms with Crippen molar-refractivity contribution < 1.29 is 18.0 Å². The summed E-state index contributed by atoms with van der Waals surface area (Å²) in [5.41, 5.74) is 2.33. The Morgan fingerprint density at radius 2 is 1.92 bits per heavy atom. The van der Waals surface area contributed by atoms with E-state index < -0.39 is 23.4 Å². The number of hydrogen-bond donors (Lipinski definition) is 2. The number of Topliss-reactive ketones (excluding diaryl/α,β-unsaturated/α-hetero) is 1. The molecular formula is C6H7F3N2O. The highest BCUT2D eigenvalue weighted by Gasteiger charge is 2.31. The molecular weight excluding hydrogens is 173 g/mol. The molecule has 0 aliphatic carbocycles. The van der Waals surface area contributed by atoms with Gasteiger partial charge < -0.3 is 5.73 Å². The van der Waals surface area contributed by atoms with Gasteiger partial charge in [-0.3, -0.25) is 10.2 Å². The Morgan fingerprint density at radius 1 is 1.50 bits per heavy atom.